The molecule has 100 valence electrons. The zero-order chi connectivity index (χ0) is 14.0. The van der Waals surface area contributed by atoms with E-state index in [1.165, 1.54) is 6.07 Å². The van der Waals surface area contributed by atoms with E-state index in [4.69, 9.17) is 0 Å². The second-order valence-electron chi connectivity index (χ2n) is 4.52. The first-order chi connectivity index (χ1) is 8.97. The molecule has 1 unspecified atom stereocenters. The number of anilines is 1. The van der Waals surface area contributed by atoms with Gasteiger partial charge in [-0.15, -0.1) is 0 Å². The Morgan fingerprint density at radius 1 is 1.11 bits per heavy atom. The van der Waals surface area contributed by atoms with Gasteiger partial charge in [0.15, 0.2) is 0 Å². The molecular weight excluding hydrogens is 373 g/mol. The van der Waals surface area contributed by atoms with Crippen LogP contribution in [0.2, 0.25) is 0 Å². The summed E-state index contributed by atoms with van der Waals surface area (Å²) in [5, 5.41) is 3.19. The number of aryl methyl sites for hydroxylation is 1. The first kappa shape index (κ1) is 14.5. The summed E-state index contributed by atoms with van der Waals surface area (Å²) in [6.45, 7) is 3.88. The van der Waals surface area contributed by atoms with Gasteiger partial charge in [0, 0.05) is 15.0 Å². The molecule has 1 nitrogen and oxygen atoms in total. The largest absolute Gasteiger partial charge is 0.376 e. The fourth-order valence-electron chi connectivity index (χ4n) is 1.90. The quantitative estimate of drug-likeness (QED) is 0.699. The molecule has 0 spiro atoms. The molecule has 0 heterocycles. The Morgan fingerprint density at radius 2 is 1.84 bits per heavy atom. The Morgan fingerprint density at radius 3 is 2.47 bits per heavy atom. The maximum Gasteiger partial charge on any atom is 0.146 e. The van der Waals surface area contributed by atoms with Crippen molar-refractivity contribution in [1.29, 1.82) is 0 Å². The smallest absolute Gasteiger partial charge is 0.146 e. The fraction of sp³-hybridized carbons (Fsp3) is 0.200. The lowest BCUT2D eigenvalue weighted by atomic mass is 10.1. The van der Waals surface area contributed by atoms with E-state index in [2.05, 4.69) is 37.2 Å². The Bertz CT molecular complexity index is 599. The molecule has 0 amide bonds. The summed E-state index contributed by atoms with van der Waals surface area (Å²) in [5.74, 6) is -0.222. The average Bonchev–Trinajstić information content (AvgIpc) is 2.32. The Labute approximate surface area is 129 Å². The van der Waals surface area contributed by atoms with Crippen LogP contribution in [0.1, 0.15) is 24.1 Å². The summed E-state index contributed by atoms with van der Waals surface area (Å²) >= 11 is 6.95. The molecule has 1 N–H and O–H groups in total. The molecule has 0 fully saturated rings. The standard InChI is InChI=1S/C15H14Br2FN/c1-9-3-6-15(14(18)7-9)19-10(2)12-5-4-11(16)8-13(12)17/h3-8,10,19H,1-2H3. The van der Waals surface area contributed by atoms with Gasteiger partial charge >= 0.3 is 0 Å². The van der Waals surface area contributed by atoms with Gasteiger partial charge in [-0.05, 0) is 49.2 Å². The molecule has 0 aliphatic carbocycles. The fourth-order valence-corrected chi connectivity index (χ4v) is 3.29. The van der Waals surface area contributed by atoms with E-state index in [1.807, 2.05) is 38.1 Å². The number of benzene rings is 2. The topological polar surface area (TPSA) is 12.0 Å². The molecular formula is C15H14Br2FN. The second-order valence-corrected chi connectivity index (χ2v) is 6.29. The van der Waals surface area contributed by atoms with E-state index in [0.29, 0.717) is 5.69 Å². The van der Waals surface area contributed by atoms with E-state index in [1.54, 1.807) is 6.07 Å². The molecule has 2 aromatic rings. The van der Waals surface area contributed by atoms with Gasteiger partial charge < -0.3 is 5.32 Å². The van der Waals surface area contributed by atoms with Crippen LogP contribution >= 0.6 is 31.9 Å². The maximum atomic E-state index is 13.8. The summed E-state index contributed by atoms with van der Waals surface area (Å²) in [6.07, 6.45) is 0. The molecule has 0 saturated heterocycles. The van der Waals surface area contributed by atoms with E-state index >= 15 is 0 Å². The Balaban J connectivity index is 2.23. The molecule has 0 aliphatic heterocycles. The molecule has 4 heteroatoms. The molecule has 2 rings (SSSR count). The first-order valence-corrected chi connectivity index (χ1v) is 7.53. The maximum absolute atomic E-state index is 13.8. The van der Waals surface area contributed by atoms with E-state index in [9.17, 15) is 4.39 Å². The minimum atomic E-state index is -0.222. The van der Waals surface area contributed by atoms with Gasteiger partial charge in [0.05, 0.1) is 5.69 Å². The van der Waals surface area contributed by atoms with Gasteiger partial charge in [0.25, 0.3) is 0 Å². The van der Waals surface area contributed by atoms with Crippen LogP contribution in [-0.2, 0) is 0 Å². The van der Waals surface area contributed by atoms with Crippen LogP contribution in [0.4, 0.5) is 10.1 Å². The molecule has 2 aromatic carbocycles. The SMILES string of the molecule is Cc1ccc(NC(C)c2ccc(Br)cc2Br)c(F)c1. The van der Waals surface area contributed by atoms with Gasteiger partial charge in [-0.1, -0.05) is 44.0 Å². The van der Waals surface area contributed by atoms with Gasteiger partial charge in [0.1, 0.15) is 5.82 Å². The van der Waals surface area contributed by atoms with Crippen molar-refractivity contribution < 1.29 is 4.39 Å². The highest BCUT2D eigenvalue weighted by Crippen LogP contribution is 2.29. The molecule has 0 saturated carbocycles. The summed E-state index contributed by atoms with van der Waals surface area (Å²) in [6, 6.07) is 11.2. The third kappa shape index (κ3) is 3.57. The van der Waals surface area contributed by atoms with Crippen LogP contribution < -0.4 is 5.32 Å². The molecule has 0 aromatic heterocycles. The monoisotopic (exact) mass is 385 g/mol. The zero-order valence-electron chi connectivity index (χ0n) is 10.7. The number of hydrogen-bond acceptors (Lipinski definition) is 1. The van der Waals surface area contributed by atoms with Crippen LogP contribution in [0.25, 0.3) is 0 Å². The predicted octanol–water partition coefficient (Wildman–Crippen LogP) is 5.83. The van der Waals surface area contributed by atoms with Crippen LogP contribution in [0.15, 0.2) is 45.3 Å². The molecule has 0 aliphatic rings. The molecule has 1 atom stereocenters. The molecule has 0 bridgehead atoms. The summed E-state index contributed by atoms with van der Waals surface area (Å²) in [7, 11) is 0. The highest BCUT2D eigenvalue weighted by atomic mass is 79.9. The van der Waals surface area contributed by atoms with Crippen molar-refractivity contribution in [3.05, 3.63) is 62.3 Å². The second kappa shape index (κ2) is 6.06. The Kier molecular flexibility index (Phi) is 4.63. The lowest BCUT2D eigenvalue weighted by Gasteiger charge is -2.18. The van der Waals surface area contributed by atoms with Crippen molar-refractivity contribution in [3.63, 3.8) is 0 Å². The predicted molar refractivity (Wildman–Crippen MR) is 85.0 cm³/mol. The minimum Gasteiger partial charge on any atom is -0.376 e. The molecule has 0 radical (unpaired) electrons. The number of rotatable bonds is 3. The summed E-state index contributed by atoms with van der Waals surface area (Å²) in [5.41, 5.74) is 2.52. The van der Waals surface area contributed by atoms with Crippen molar-refractivity contribution in [2.75, 3.05) is 5.32 Å². The normalized spacial score (nSPS) is 12.3. The van der Waals surface area contributed by atoms with E-state index in [0.717, 1.165) is 20.1 Å². The van der Waals surface area contributed by atoms with Crippen LogP contribution in [-0.4, -0.2) is 0 Å². The highest BCUT2D eigenvalue weighted by molar-refractivity contribution is 9.11. The minimum absolute atomic E-state index is 0.0136. The van der Waals surface area contributed by atoms with Crippen molar-refractivity contribution in [2.45, 2.75) is 19.9 Å². The lowest BCUT2D eigenvalue weighted by Crippen LogP contribution is -2.08. The van der Waals surface area contributed by atoms with E-state index < -0.39 is 0 Å². The van der Waals surface area contributed by atoms with Gasteiger partial charge in [-0.2, -0.15) is 0 Å². The third-order valence-electron chi connectivity index (χ3n) is 2.93. The van der Waals surface area contributed by atoms with Crippen molar-refractivity contribution >= 4 is 37.5 Å². The van der Waals surface area contributed by atoms with E-state index in [-0.39, 0.29) is 11.9 Å². The van der Waals surface area contributed by atoms with Gasteiger partial charge in [-0.25, -0.2) is 4.39 Å². The molecule has 19 heavy (non-hydrogen) atoms. The van der Waals surface area contributed by atoms with Gasteiger partial charge in [-0.3, -0.25) is 0 Å². The van der Waals surface area contributed by atoms with Crippen LogP contribution in [0.3, 0.4) is 0 Å². The van der Waals surface area contributed by atoms with Crippen molar-refractivity contribution in [3.8, 4) is 0 Å². The number of nitrogens with one attached hydrogen (secondary N) is 1. The summed E-state index contributed by atoms with van der Waals surface area (Å²) in [4.78, 5) is 0. The van der Waals surface area contributed by atoms with Gasteiger partial charge in [0.2, 0.25) is 0 Å². The van der Waals surface area contributed by atoms with Crippen LogP contribution in [0.5, 0.6) is 0 Å². The Hall–Kier alpha value is -0.870. The first-order valence-electron chi connectivity index (χ1n) is 5.95. The third-order valence-corrected chi connectivity index (χ3v) is 4.11. The number of halogens is 3. The van der Waals surface area contributed by atoms with Crippen molar-refractivity contribution in [1.82, 2.24) is 0 Å². The highest BCUT2D eigenvalue weighted by Gasteiger charge is 2.11. The van der Waals surface area contributed by atoms with Crippen LogP contribution in [0, 0.1) is 12.7 Å². The van der Waals surface area contributed by atoms with Crippen molar-refractivity contribution in [2.24, 2.45) is 0 Å². The summed E-state index contributed by atoms with van der Waals surface area (Å²) < 4.78 is 15.8. The lowest BCUT2D eigenvalue weighted by molar-refractivity contribution is 0.626. The average molecular weight is 387 g/mol. The number of hydrogen-bond donors (Lipinski definition) is 1. The zero-order valence-corrected chi connectivity index (χ0v) is 13.8.